The molecule has 3 aromatic carbocycles. The van der Waals surface area contributed by atoms with E-state index in [9.17, 15) is 9.59 Å². The summed E-state index contributed by atoms with van der Waals surface area (Å²) in [5.41, 5.74) is 3.41. The van der Waals surface area contributed by atoms with E-state index in [0.717, 1.165) is 53.1 Å². The summed E-state index contributed by atoms with van der Waals surface area (Å²) in [7, 11) is 0. The number of thiazole rings is 1. The highest BCUT2D eigenvalue weighted by Crippen LogP contribution is 2.37. The van der Waals surface area contributed by atoms with Gasteiger partial charge in [-0.2, -0.15) is 0 Å². The number of thioether (sulfide) groups is 1. The van der Waals surface area contributed by atoms with Gasteiger partial charge in [-0.25, -0.2) is 4.98 Å². The molecule has 194 valence electrons. The highest BCUT2D eigenvalue weighted by molar-refractivity contribution is 8.00. The summed E-state index contributed by atoms with van der Waals surface area (Å²) in [6.07, 6.45) is 5.40. The zero-order chi connectivity index (χ0) is 26.3. The maximum Gasteiger partial charge on any atom is 0.244 e. The molecule has 0 bridgehead atoms. The van der Waals surface area contributed by atoms with E-state index >= 15 is 0 Å². The Morgan fingerprint density at radius 1 is 0.895 bits per heavy atom. The topological polar surface area (TPSA) is 71.1 Å². The van der Waals surface area contributed by atoms with Crippen LogP contribution in [0.5, 0.6) is 0 Å². The minimum Gasteiger partial charge on any atom is -0.326 e. The maximum atomic E-state index is 13.5. The molecule has 38 heavy (non-hydrogen) atoms. The number of anilines is 2. The van der Waals surface area contributed by atoms with E-state index in [0.29, 0.717) is 10.2 Å². The monoisotopic (exact) mass is 561 g/mol. The quantitative estimate of drug-likeness (QED) is 0.212. The van der Waals surface area contributed by atoms with Gasteiger partial charge in [0.15, 0.2) is 5.13 Å². The lowest BCUT2D eigenvalue weighted by atomic mass is 9.88. The second kappa shape index (κ2) is 12.6. The van der Waals surface area contributed by atoms with Crippen LogP contribution in [-0.2, 0) is 9.59 Å². The molecule has 2 N–H and O–H groups in total. The fourth-order valence-corrected chi connectivity index (χ4v) is 6.39. The van der Waals surface area contributed by atoms with Crippen molar-refractivity contribution in [2.75, 3.05) is 10.6 Å². The van der Waals surface area contributed by atoms with Gasteiger partial charge in [-0.05, 0) is 54.8 Å². The average molecular weight is 562 g/mol. The SMILES string of the molecule is O=C(Nc1ccc(SC(C(=O)Nc2nc(-c3ccc(Cl)cc3)cs2)c2ccccc2)cc1)C1CCCCC1. The standard InChI is InChI=1S/C30H28ClN3O2S2/c31-23-13-11-20(12-14-23)26-19-37-30(33-26)34-29(36)27(21-7-3-1-4-8-21)38-25-17-15-24(16-18-25)32-28(35)22-9-5-2-6-10-22/h1,3-4,7-8,11-19,22,27H,2,5-6,9-10H2,(H,32,35)(H,33,34,36). The van der Waals surface area contributed by atoms with Crippen LogP contribution in [0.15, 0.2) is 89.1 Å². The molecule has 1 aliphatic rings. The van der Waals surface area contributed by atoms with Crippen LogP contribution >= 0.6 is 34.7 Å². The van der Waals surface area contributed by atoms with Crippen LogP contribution in [0.2, 0.25) is 5.02 Å². The molecule has 1 fully saturated rings. The molecule has 1 aliphatic carbocycles. The molecule has 1 saturated carbocycles. The molecule has 2 amide bonds. The molecular formula is C30H28ClN3O2S2. The maximum absolute atomic E-state index is 13.5. The van der Waals surface area contributed by atoms with Crippen molar-refractivity contribution in [3.8, 4) is 11.3 Å². The summed E-state index contributed by atoms with van der Waals surface area (Å²) < 4.78 is 0. The van der Waals surface area contributed by atoms with Crippen LogP contribution in [0.4, 0.5) is 10.8 Å². The van der Waals surface area contributed by atoms with Gasteiger partial charge in [0.1, 0.15) is 5.25 Å². The Morgan fingerprint density at radius 2 is 1.61 bits per heavy atom. The van der Waals surface area contributed by atoms with Gasteiger partial charge in [-0.1, -0.05) is 73.3 Å². The molecule has 4 aromatic rings. The molecule has 1 unspecified atom stereocenters. The van der Waals surface area contributed by atoms with Gasteiger partial charge in [-0.3, -0.25) is 9.59 Å². The first-order valence-electron chi connectivity index (χ1n) is 12.7. The number of carbonyl (C=O) groups excluding carboxylic acids is 2. The second-order valence-electron chi connectivity index (χ2n) is 9.29. The number of nitrogens with zero attached hydrogens (tertiary/aromatic N) is 1. The highest BCUT2D eigenvalue weighted by Gasteiger charge is 2.24. The third kappa shape index (κ3) is 6.84. The van der Waals surface area contributed by atoms with Gasteiger partial charge in [-0.15, -0.1) is 23.1 Å². The van der Waals surface area contributed by atoms with Crippen LogP contribution in [0.1, 0.15) is 42.9 Å². The Labute approximate surface area is 236 Å². The van der Waals surface area contributed by atoms with Gasteiger partial charge in [0.25, 0.3) is 0 Å². The van der Waals surface area contributed by atoms with Crippen molar-refractivity contribution < 1.29 is 9.59 Å². The number of nitrogens with one attached hydrogen (secondary N) is 2. The molecule has 0 aliphatic heterocycles. The smallest absolute Gasteiger partial charge is 0.244 e. The van der Waals surface area contributed by atoms with Crippen molar-refractivity contribution in [3.05, 3.63) is 94.8 Å². The summed E-state index contributed by atoms with van der Waals surface area (Å²) in [5, 5.41) is 8.72. The fourth-order valence-electron chi connectivity index (χ4n) is 4.52. The lowest BCUT2D eigenvalue weighted by Crippen LogP contribution is -2.24. The van der Waals surface area contributed by atoms with E-state index in [1.54, 1.807) is 0 Å². The Hall–Kier alpha value is -3.13. The fraction of sp³-hybridized carbons (Fsp3) is 0.233. The van der Waals surface area contributed by atoms with Crippen molar-refractivity contribution in [3.63, 3.8) is 0 Å². The first kappa shape index (κ1) is 26.5. The lowest BCUT2D eigenvalue weighted by Gasteiger charge is -2.21. The summed E-state index contributed by atoms with van der Waals surface area (Å²) in [5.74, 6) is 0.0657. The van der Waals surface area contributed by atoms with Gasteiger partial charge in [0.05, 0.1) is 5.69 Å². The molecule has 1 atom stereocenters. The molecule has 1 heterocycles. The molecule has 5 rings (SSSR count). The number of carbonyl (C=O) groups is 2. The zero-order valence-corrected chi connectivity index (χ0v) is 23.1. The van der Waals surface area contributed by atoms with Crippen molar-refractivity contribution in [2.45, 2.75) is 42.2 Å². The Bertz CT molecular complexity index is 1370. The van der Waals surface area contributed by atoms with E-state index in [1.807, 2.05) is 84.2 Å². The second-order valence-corrected chi connectivity index (χ2v) is 11.8. The third-order valence-electron chi connectivity index (χ3n) is 6.57. The first-order chi connectivity index (χ1) is 18.5. The average Bonchev–Trinajstić information content (AvgIpc) is 3.42. The normalized spacial score (nSPS) is 14.6. The predicted octanol–water partition coefficient (Wildman–Crippen LogP) is 8.45. The van der Waals surface area contributed by atoms with Crippen molar-refractivity contribution in [1.82, 2.24) is 4.98 Å². The largest absolute Gasteiger partial charge is 0.326 e. The van der Waals surface area contributed by atoms with Crippen molar-refractivity contribution in [2.24, 2.45) is 5.92 Å². The summed E-state index contributed by atoms with van der Waals surface area (Å²) >= 11 is 8.86. The van der Waals surface area contributed by atoms with E-state index in [-0.39, 0.29) is 17.7 Å². The van der Waals surface area contributed by atoms with Gasteiger partial charge >= 0.3 is 0 Å². The minimum atomic E-state index is -0.471. The molecular weight excluding hydrogens is 534 g/mol. The van der Waals surface area contributed by atoms with E-state index in [4.69, 9.17) is 11.6 Å². The summed E-state index contributed by atoms with van der Waals surface area (Å²) in [6.45, 7) is 0. The highest BCUT2D eigenvalue weighted by atomic mass is 35.5. The molecule has 0 radical (unpaired) electrons. The number of amides is 2. The number of benzene rings is 3. The molecule has 0 saturated heterocycles. The number of rotatable bonds is 8. The summed E-state index contributed by atoms with van der Waals surface area (Å²) in [6, 6.07) is 24.9. The molecule has 1 aromatic heterocycles. The van der Waals surface area contributed by atoms with Crippen LogP contribution in [0.25, 0.3) is 11.3 Å². The molecule has 0 spiro atoms. The number of aromatic nitrogens is 1. The van der Waals surface area contributed by atoms with Crippen molar-refractivity contribution >= 4 is 57.3 Å². The Kier molecular flexibility index (Phi) is 8.79. The van der Waals surface area contributed by atoms with Crippen LogP contribution in [0.3, 0.4) is 0 Å². The number of hydrogen-bond donors (Lipinski definition) is 2. The third-order valence-corrected chi connectivity index (χ3v) is 8.84. The predicted molar refractivity (Wildman–Crippen MR) is 158 cm³/mol. The van der Waals surface area contributed by atoms with Crippen LogP contribution in [-0.4, -0.2) is 16.8 Å². The van der Waals surface area contributed by atoms with E-state index in [2.05, 4.69) is 15.6 Å². The molecule has 5 nitrogen and oxygen atoms in total. The van der Waals surface area contributed by atoms with E-state index < -0.39 is 5.25 Å². The summed E-state index contributed by atoms with van der Waals surface area (Å²) in [4.78, 5) is 31.6. The zero-order valence-electron chi connectivity index (χ0n) is 20.7. The van der Waals surface area contributed by atoms with Gasteiger partial charge < -0.3 is 10.6 Å². The van der Waals surface area contributed by atoms with Crippen LogP contribution in [0, 0.1) is 5.92 Å². The van der Waals surface area contributed by atoms with Crippen molar-refractivity contribution in [1.29, 1.82) is 0 Å². The Morgan fingerprint density at radius 3 is 2.32 bits per heavy atom. The minimum absolute atomic E-state index is 0.105. The lowest BCUT2D eigenvalue weighted by molar-refractivity contribution is -0.120. The number of hydrogen-bond acceptors (Lipinski definition) is 5. The van der Waals surface area contributed by atoms with E-state index in [1.165, 1.54) is 29.5 Å². The number of halogens is 1. The van der Waals surface area contributed by atoms with Crippen LogP contribution < -0.4 is 10.6 Å². The molecule has 8 heteroatoms. The van der Waals surface area contributed by atoms with Gasteiger partial charge in [0, 0.05) is 32.5 Å². The first-order valence-corrected chi connectivity index (χ1v) is 14.8. The van der Waals surface area contributed by atoms with Gasteiger partial charge in [0.2, 0.25) is 11.8 Å². The Balaban J connectivity index is 1.27.